The maximum absolute atomic E-state index is 2.22. The average Bonchev–Trinajstić information content (AvgIpc) is 2.30. The third kappa shape index (κ3) is 3.07. The van der Waals surface area contributed by atoms with Crippen LogP contribution in [0.2, 0.25) is 0 Å². The van der Waals surface area contributed by atoms with Gasteiger partial charge in [-0.3, -0.25) is 0 Å². The standard InChI is InChI=1S/C17H18/c1-13-4-7-16(8-5-13)9-11-17-10-6-14(2)12-15(17)3/h4-12H,1-3H3/b11-9-. The van der Waals surface area contributed by atoms with E-state index in [2.05, 4.69) is 75.4 Å². The minimum atomic E-state index is 1.25. The maximum Gasteiger partial charge on any atom is -0.0227 e. The Kier molecular flexibility index (Phi) is 3.43. The van der Waals surface area contributed by atoms with Gasteiger partial charge >= 0.3 is 0 Å². The van der Waals surface area contributed by atoms with Crippen molar-refractivity contribution in [3.63, 3.8) is 0 Å². The molecule has 0 fully saturated rings. The van der Waals surface area contributed by atoms with Crippen molar-refractivity contribution in [2.45, 2.75) is 20.8 Å². The van der Waals surface area contributed by atoms with Gasteiger partial charge in [0.1, 0.15) is 0 Å². The fourth-order valence-corrected chi connectivity index (χ4v) is 1.88. The monoisotopic (exact) mass is 222 g/mol. The second kappa shape index (κ2) is 5.01. The summed E-state index contributed by atoms with van der Waals surface area (Å²) < 4.78 is 0. The van der Waals surface area contributed by atoms with Crippen molar-refractivity contribution in [2.75, 3.05) is 0 Å². The van der Waals surface area contributed by atoms with Gasteiger partial charge in [-0.05, 0) is 37.5 Å². The van der Waals surface area contributed by atoms with E-state index < -0.39 is 0 Å². The van der Waals surface area contributed by atoms with E-state index in [0.29, 0.717) is 0 Å². The molecule has 0 heterocycles. The first kappa shape index (κ1) is 11.7. The molecule has 0 heteroatoms. The lowest BCUT2D eigenvalue weighted by Gasteiger charge is -2.01. The Morgan fingerprint density at radius 3 is 2.00 bits per heavy atom. The maximum atomic E-state index is 2.22. The summed E-state index contributed by atoms with van der Waals surface area (Å²) in [5.74, 6) is 0. The summed E-state index contributed by atoms with van der Waals surface area (Å²) >= 11 is 0. The van der Waals surface area contributed by atoms with E-state index in [1.807, 2.05) is 0 Å². The molecule has 0 aliphatic rings. The predicted molar refractivity (Wildman–Crippen MR) is 76.0 cm³/mol. The van der Waals surface area contributed by atoms with Crippen LogP contribution in [0.5, 0.6) is 0 Å². The number of benzene rings is 2. The van der Waals surface area contributed by atoms with E-state index in [0.717, 1.165) is 0 Å². The van der Waals surface area contributed by atoms with Crippen molar-refractivity contribution >= 4 is 12.2 Å². The van der Waals surface area contributed by atoms with Crippen molar-refractivity contribution in [1.82, 2.24) is 0 Å². The lowest BCUT2D eigenvalue weighted by Crippen LogP contribution is -1.82. The van der Waals surface area contributed by atoms with Crippen LogP contribution in [0.4, 0.5) is 0 Å². The highest BCUT2D eigenvalue weighted by atomic mass is 14.0. The molecule has 0 N–H and O–H groups in total. The van der Waals surface area contributed by atoms with E-state index in [1.54, 1.807) is 0 Å². The molecule has 0 saturated heterocycles. The average molecular weight is 222 g/mol. The van der Waals surface area contributed by atoms with E-state index >= 15 is 0 Å². The normalized spacial score (nSPS) is 11.0. The molecule has 0 atom stereocenters. The second-order valence-corrected chi connectivity index (χ2v) is 4.60. The molecule has 17 heavy (non-hydrogen) atoms. The van der Waals surface area contributed by atoms with E-state index in [1.165, 1.54) is 27.8 Å². The smallest absolute Gasteiger partial charge is 0.0227 e. The Hall–Kier alpha value is -1.82. The zero-order chi connectivity index (χ0) is 12.3. The summed E-state index contributed by atoms with van der Waals surface area (Å²) in [4.78, 5) is 0. The number of hydrogen-bond donors (Lipinski definition) is 0. The fourth-order valence-electron chi connectivity index (χ4n) is 1.88. The van der Waals surface area contributed by atoms with Gasteiger partial charge in [-0.1, -0.05) is 65.7 Å². The number of rotatable bonds is 2. The highest BCUT2D eigenvalue weighted by Gasteiger charge is 1.94. The molecule has 2 aromatic rings. The lowest BCUT2D eigenvalue weighted by molar-refractivity contribution is 1.37. The summed E-state index contributed by atoms with van der Waals surface area (Å²) in [6.45, 7) is 6.39. The fraction of sp³-hybridized carbons (Fsp3) is 0.176. The van der Waals surface area contributed by atoms with Crippen LogP contribution in [0, 0.1) is 20.8 Å². The van der Waals surface area contributed by atoms with Crippen molar-refractivity contribution < 1.29 is 0 Å². The molecule has 0 radical (unpaired) electrons. The Labute approximate surface area is 104 Å². The van der Waals surface area contributed by atoms with Gasteiger partial charge in [0, 0.05) is 0 Å². The molecule has 0 amide bonds. The van der Waals surface area contributed by atoms with Crippen LogP contribution < -0.4 is 0 Å². The highest BCUT2D eigenvalue weighted by Crippen LogP contribution is 2.14. The van der Waals surface area contributed by atoms with Gasteiger partial charge in [0.2, 0.25) is 0 Å². The van der Waals surface area contributed by atoms with Gasteiger partial charge in [-0.25, -0.2) is 0 Å². The molecule has 0 aliphatic heterocycles. The van der Waals surface area contributed by atoms with Gasteiger partial charge in [-0.2, -0.15) is 0 Å². The molecule has 2 rings (SSSR count). The van der Waals surface area contributed by atoms with E-state index in [9.17, 15) is 0 Å². The Morgan fingerprint density at radius 2 is 1.35 bits per heavy atom. The number of hydrogen-bond acceptors (Lipinski definition) is 0. The SMILES string of the molecule is Cc1ccc(/C=C\c2ccc(C)cc2C)cc1. The van der Waals surface area contributed by atoms with Crippen LogP contribution in [0.3, 0.4) is 0 Å². The third-order valence-electron chi connectivity index (χ3n) is 2.96. The molecule has 0 spiro atoms. The lowest BCUT2D eigenvalue weighted by atomic mass is 10.0. The molecule has 0 bridgehead atoms. The Morgan fingerprint density at radius 1 is 0.706 bits per heavy atom. The molecule has 0 unspecified atom stereocenters. The second-order valence-electron chi connectivity index (χ2n) is 4.60. The van der Waals surface area contributed by atoms with Crippen LogP contribution in [-0.2, 0) is 0 Å². The first-order valence-electron chi connectivity index (χ1n) is 5.97. The minimum absolute atomic E-state index is 1.25. The largest absolute Gasteiger partial charge is 0.0587 e. The zero-order valence-electron chi connectivity index (χ0n) is 10.7. The number of aryl methyl sites for hydroxylation is 3. The minimum Gasteiger partial charge on any atom is -0.0587 e. The van der Waals surface area contributed by atoms with Crippen LogP contribution >= 0.6 is 0 Å². The van der Waals surface area contributed by atoms with Gasteiger partial charge in [0.25, 0.3) is 0 Å². The third-order valence-corrected chi connectivity index (χ3v) is 2.96. The molecule has 0 aromatic heterocycles. The van der Waals surface area contributed by atoms with Crippen LogP contribution in [0.25, 0.3) is 12.2 Å². The van der Waals surface area contributed by atoms with Crippen molar-refractivity contribution in [3.8, 4) is 0 Å². The highest BCUT2D eigenvalue weighted by molar-refractivity contribution is 5.71. The molecule has 86 valence electrons. The Bertz CT molecular complexity index is 530. The first-order valence-corrected chi connectivity index (χ1v) is 5.97. The summed E-state index contributed by atoms with van der Waals surface area (Å²) in [6, 6.07) is 15.1. The van der Waals surface area contributed by atoms with Gasteiger partial charge in [0.15, 0.2) is 0 Å². The van der Waals surface area contributed by atoms with Crippen molar-refractivity contribution in [1.29, 1.82) is 0 Å². The van der Waals surface area contributed by atoms with Gasteiger partial charge in [-0.15, -0.1) is 0 Å². The molecule has 2 aromatic carbocycles. The van der Waals surface area contributed by atoms with Crippen LogP contribution in [0.15, 0.2) is 42.5 Å². The topological polar surface area (TPSA) is 0 Å². The summed E-state index contributed by atoms with van der Waals surface area (Å²) in [7, 11) is 0. The summed E-state index contributed by atoms with van der Waals surface area (Å²) in [5.41, 5.74) is 6.48. The van der Waals surface area contributed by atoms with E-state index in [-0.39, 0.29) is 0 Å². The molecular weight excluding hydrogens is 204 g/mol. The zero-order valence-corrected chi connectivity index (χ0v) is 10.7. The quantitative estimate of drug-likeness (QED) is 0.641. The first-order chi connectivity index (χ1) is 8.15. The molecule has 0 saturated carbocycles. The van der Waals surface area contributed by atoms with Gasteiger partial charge < -0.3 is 0 Å². The van der Waals surface area contributed by atoms with Gasteiger partial charge in [0.05, 0.1) is 0 Å². The van der Waals surface area contributed by atoms with E-state index in [4.69, 9.17) is 0 Å². The Balaban J connectivity index is 2.23. The van der Waals surface area contributed by atoms with Crippen LogP contribution in [0.1, 0.15) is 27.8 Å². The van der Waals surface area contributed by atoms with Crippen LogP contribution in [-0.4, -0.2) is 0 Å². The molecule has 0 nitrogen and oxygen atoms in total. The molecule has 0 aliphatic carbocycles. The predicted octanol–water partition coefficient (Wildman–Crippen LogP) is 4.78. The van der Waals surface area contributed by atoms with Crippen molar-refractivity contribution in [3.05, 3.63) is 70.3 Å². The summed E-state index contributed by atoms with van der Waals surface area (Å²) in [6.07, 6.45) is 4.34. The molecular formula is C17H18. The van der Waals surface area contributed by atoms with Crippen molar-refractivity contribution in [2.24, 2.45) is 0 Å². The summed E-state index contributed by atoms with van der Waals surface area (Å²) in [5, 5.41) is 0.